The van der Waals surface area contributed by atoms with Crippen molar-refractivity contribution in [1.82, 2.24) is 10.1 Å². The van der Waals surface area contributed by atoms with Crippen molar-refractivity contribution < 1.29 is 14.1 Å². The van der Waals surface area contributed by atoms with E-state index in [9.17, 15) is 9.59 Å². The van der Waals surface area contributed by atoms with E-state index in [-0.39, 0.29) is 30.2 Å². The molecule has 0 saturated carbocycles. The molecular formula is C12H17N3O3. The van der Waals surface area contributed by atoms with Crippen LogP contribution in [-0.4, -0.2) is 34.5 Å². The molecule has 0 aliphatic carbocycles. The summed E-state index contributed by atoms with van der Waals surface area (Å²) in [6.07, 6.45) is 0.265. The van der Waals surface area contributed by atoms with Crippen LogP contribution in [0.15, 0.2) is 10.6 Å². The fraction of sp³-hybridized carbons (Fsp3) is 0.583. The lowest BCUT2D eigenvalue weighted by atomic mass is 10.1. The lowest BCUT2D eigenvalue weighted by molar-refractivity contribution is -0.129. The van der Waals surface area contributed by atoms with Crippen LogP contribution >= 0.6 is 0 Å². The molecular weight excluding hydrogens is 234 g/mol. The number of aryl methyl sites for hydroxylation is 1. The molecule has 0 unspecified atom stereocenters. The van der Waals surface area contributed by atoms with Gasteiger partial charge in [-0.3, -0.25) is 9.59 Å². The van der Waals surface area contributed by atoms with Crippen molar-refractivity contribution in [3.63, 3.8) is 0 Å². The highest BCUT2D eigenvalue weighted by Gasteiger charge is 2.35. The molecule has 1 aliphatic rings. The Morgan fingerprint density at radius 3 is 2.83 bits per heavy atom. The quantitative estimate of drug-likeness (QED) is 0.875. The van der Waals surface area contributed by atoms with Crippen molar-refractivity contribution in [2.45, 2.75) is 33.2 Å². The third kappa shape index (κ3) is 2.52. The Morgan fingerprint density at radius 2 is 2.33 bits per heavy atom. The molecule has 0 spiro atoms. The molecule has 98 valence electrons. The number of anilines is 1. The summed E-state index contributed by atoms with van der Waals surface area (Å²) >= 11 is 0. The van der Waals surface area contributed by atoms with Crippen molar-refractivity contribution in [1.29, 1.82) is 0 Å². The Labute approximate surface area is 105 Å². The molecule has 1 aromatic rings. The van der Waals surface area contributed by atoms with Crippen LogP contribution in [0, 0.1) is 12.8 Å². The second-order valence-electron chi connectivity index (χ2n) is 4.85. The number of hydrogen-bond donors (Lipinski definition) is 1. The van der Waals surface area contributed by atoms with E-state index in [4.69, 9.17) is 4.52 Å². The van der Waals surface area contributed by atoms with Gasteiger partial charge in [0.2, 0.25) is 11.8 Å². The second kappa shape index (κ2) is 4.80. The van der Waals surface area contributed by atoms with E-state index in [2.05, 4.69) is 10.5 Å². The van der Waals surface area contributed by atoms with Crippen LogP contribution < -0.4 is 5.32 Å². The molecule has 6 nitrogen and oxygen atoms in total. The fourth-order valence-electron chi connectivity index (χ4n) is 2.06. The van der Waals surface area contributed by atoms with E-state index < -0.39 is 0 Å². The molecule has 0 radical (unpaired) electrons. The molecule has 1 aromatic heterocycles. The molecule has 2 rings (SSSR count). The van der Waals surface area contributed by atoms with E-state index in [1.54, 1.807) is 17.9 Å². The number of aromatic nitrogens is 1. The molecule has 1 saturated heterocycles. The van der Waals surface area contributed by atoms with Crippen LogP contribution in [0.3, 0.4) is 0 Å². The van der Waals surface area contributed by atoms with Crippen molar-refractivity contribution in [3.8, 4) is 0 Å². The summed E-state index contributed by atoms with van der Waals surface area (Å²) in [5.41, 5.74) is 0. The zero-order valence-electron chi connectivity index (χ0n) is 10.8. The summed E-state index contributed by atoms with van der Waals surface area (Å²) in [5.74, 6) is 0.572. The van der Waals surface area contributed by atoms with Crippen molar-refractivity contribution >= 4 is 17.6 Å². The summed E-state index contributed by atoms with van der Waals surface area (Å²) < 4.78 is 4.87. The number of likely N-dealkylation sites (tertiary alicyclic amines) is 1. The van der Waals surface area contributed by atoms with Gasteiger partial charge in [-0.05, 0) is 20.8 Å². The monoisotopic (exact) mass is 251 g/mol. The zero-order valence-corrected chi connectivity index (χ0v) is 10.8. The smallest absolute Gasteiger partial charge is 0.231 e. The van der Waals surface area contributed by atoms with Gasteiger partial charge in [0.15, 0.2) is 5.82 Å². The van der Waals surface area contributed by atoms with Crippen molar-refractivity contribution in [2.24, 2.45) is 5.92 Å². The SMILES string of the molecule is Cc1cc(NC(=O)[C@@H]2CC(=O)N(C(C)C)C2)no1. The minimum absolute atomic E-state index is 0.0292. The molecule has 6 heteroatoms. The van der Waals surface area contributed by atoms with Gasteiger partial charge in [0.05, 0.1) is 5.92 Å². The average Bonchev–Trinajstić information content (AvgIpc) is 2.85. The van der Waals surface area contributed by atoms with Crippen LogP contribution in [0.2, 0.25) is 0 Å². The average molecular weight is 251 g/mol. The minimum atomic E-state index is -0.308. The predicted octanol–water partition coefficient (Wildman–Crippen LogP) is 1.18. The van der Waals surface area contributed by atoms with Gasteiger partial charge in [-0.1, -0.05) is 5.16 Å². The van der Waals surface area contributed by atoms with E-state index in [1.165, 1.54) is 0 Å². The van der Waals surface area contributed by atoms with Crippen LogP contribution in [0.5, 0.6) is 0 Å². The van der Waals surface area contributed by atoms with Crippen molar-refractivity contribution in [3.05, 3.63) is 11.8 Å². The number of rotatable bonds is 3. The van der Waals surface area contributed by atoms with Gasteiger partial charge in [-0.15, -0.1) is 0 Å². The summed E-state index contributed by atoms with van der Waals surface area (Å²) in [7, 11) is 0. The molecule has 1 fully saturated rings. The first-order valence-electron chi connectivity index (χ1n) is 6.01. The highest BCUT2D eigenvalue weighted by atomic mass is 16.5. The first kappa shape index (κ1) is 12.6. The van der Waals surface area contributed by atoms with E-state index in [1.807, 2.05) is 13.8 Å². The van der Waals surface area contributed by atoms with Crippen LogP contribution in [-0.2, 0) is 9.59 Å². The molecule has 1 atom stereocenters. The maximum absolute atomic E-state index is 12.0. The molecule has 2 heterocycles. The number of nitrogens with one attached hydrogen (secondary N) is 1. The first-order chi connectivity index (χ1) is 8.47. The number of amides is 2. The molecule has 0 bridgehead atoms. The second-order valence-corrected chi connectivity index (χ2v) is 4.85. The van der Waals surface area contributed by atoms with E-state index in [0.29, 0.717) is 18.1 Å². The molecule has 1 aliphatic heterocycles. The maximum atomic E-state index is 12.0. The van der Waals surface area contributed by atoms with Crippen LogP contribution in [0.4, 0.5) is 5.82 Å². The molecule has 2 amide bonds. The highest BCUT2D eigenvalue weighted by Crippen LogP contribution is 2.21. The molecule has 1 N–H and O–H groups in total. The van der Waals surface area contributed by atoms with Gasteiger partial charge < -0.3 is 14.7 Å². The van der Waals surface area contributed by atoms with Gasteiger partial charge in [-0.25, -0.2) is 0 Å². The number of carbonyl (C=O) groups excluding carboxylic acids is 2. The standard InChI is InChI=1S/C12H17N3O3/c1-7(2)15-6-9(5-11(15)16)12(17)13-10-4-8(3)18-14-10/h4,7,9H,5-6H2,1-3H3,(H,13,14,17)/t9-/m1/s1. The van der Waals surface area contributed by atoms with Gasteiger partial charge in [0.1, 0.15) is 5.76 Å². The van der Waals surface area contributed by atoms with Gasteiger partial charge >= 0.3 is 0 Å². The van der Waals surface area contributed by atoms with Gasteiger partial charge in [-0.2, -0.15) is 0 Å². The van der Waals surface area contributed by atoms with Crippen LogP contribution in [0.25, 0.3) is 0 Å². The Bertz CT molecular complexity index is 467. The van der Waals surface area contributed by atoms with E-state index >= 15 is 0 Å². The Balaban J connectivity index is 1.97. The van der Waals surface area contributed by atoms with Gasteiger partial charge in [0, 0.05) is 25.1 Å². The zero-order chi connectivity index (χ0) is 13.3. The molecule has 0 aromatic carbocycles. The lowest BCUT2D eigenvalue weighted by Crippen LogP contribution is -2.33. The van der Waals surface area contributed by atoms with Crippen molar-refractivity contribution in [2.75, 3.05) is 11.9 Å². The lowest BCUT2D eigenvalue weighted by Gasteiger charge is -2.20. The van der Waals surface area contributed by atoms with Crippen LogP contribution in [0.1, 0.15) is 26.0 Å². The maximum Gasteiger partial charge on any atom is 0.231 e. The normalized spacial score (nSPS) is 19.7. The third-order valence-corrected chi connectivity index (χ3v) is 3.03. The summed E-state index contributed by atoms with van der Waals surface area (Å²) in [6, 6.07) is 1.78. The predicted molar refractivity (Wildman–Crippen MR) is 64.8 cm³/mol. The largest absolute Gasteiger partial charge is 0.360 e. The van der Waals surface area contributed by atoms with Gasteiger partial charge in [0.25, 0.3) is 0 Å². The number of nitrogens with zero attached hydrogens (tertiary/aromatic N) is 2. The number of carbonyl (C=O) groups is 2. The topological polar surface area (TPSA) is 75.4 Å². The Kier molecular flexibility index (Phi) is 3.36. The Morgan fingerprint density at radius 1 is 1.61 bits per heavy atom. The highest BCUT2D eigenvalue weighted by molar-refractivity contribution is 5.96. The summed E-state index contributed by atoms with van der Waals surface area (Å²) in [4.78, 5) is 25.4. The Hall–Kier alpha value is -1.85. The number of hydrogen-bond acceptors (Lipinski definition) is 4. The fourth-order valence-corrected chi connectivity index (χ4v) is 2.06. The first-order valence-corrected chi connectivity index (χ1v) is 6.01. The molecule has 18 heavy (non-hydrogen) atoms. The summed E-state index contributed by atoms with van der Waals surface area (Å²) in [5, 5.41) is 6.36. The minimum Gasteiger partial charge on any atom is -0.360 e. The van der Waals surface area contributed by atoms with E-state index in [0.717, 1.165) is 0 Å². The third-order valence-electron chi connectivity index (χ3n) is 3.03. The summed E-state index contributed by atoms with van der Waals surface area (Å²) in [6.45, 7) is 6.11.